The van der Waals surface area contributed by atoms with Crippen LogP contribution in [0.3, 0.4) is 0 Å². The van der Waals surface area contributed by atoms with Gasteiger partial charge in [-0.25, -0.2) is 0 Å². The van der Waals surface area contributed by atoms with Gasteiger partial charge in [-0.15, -0.1) is 11.3 Å². The van der Waals surface area contributed by atoms with Gasteiger partial charge in [-0.1, -0.05) is 25.4 Å². The van der Waals surface area contributed by atoms with Crippen molar-refractivity contribution in [1.82, 2.24) is 5.32 Å². The Morgan fingerprint density at radius 3 is 2.78 bits per heavy atom. The Labute approximate surface area is 127 Å². The van der Waals surface area contributed by atoms with Crippen molar-refractivity contribution in [2.75, 3.05) is 26.8 Å². The lowest BCUT2D eigenvalue weighted by atomic mass is 9.87. The Balaban J connectivity index is 2.31. The molecule has 0 radical (unpaired) electrons. The van der Waals surface area contributed by atoms with Crippen LogP contribution in [0.2, 0.25) is 4.34 Å². The maximum atomic E-state index is 6.04. The number of methoxy groups -OCH3 is 1. The fourth-order valence-electron chi connectivity index (χ4n) is 1.67. The molecule has 0 aliphatic carbocycles. The molecule has 0 unspecified atom stereocenters. The van der Waals surface area contributed by atoms with Crippen molar-refractivity contribution in [2.24, 2.45) is 5.41 Å². The van der Waals surface area contributed by atoms with E-state index in [1.807, 2.05) is 0 Å². The van der Waals surface area contributed by atoms with E-state index in [1.54, 1.807) is 18.4 Å². The largest absolute Gasteiger partial charge is 0.383 e. The summed E-state index contributed by atoms with van der Waals surface area (Å²) in [6.07, 6.45) is 2.23. The van der Waals surface area contributed by atoms with Crippen molar-refractivity contribution in [3.8, 4) is 0 Å². The molecule has 18 heavy (non-hydrogen) atoms. The number of hydrogen-bond donors (Lipinski definition) is 1. The first kappa shape index (κ1) is 16.4. The fourth-order valence-corrected chi connectivity index (χ4v) is 3.46. The summed E-state index contributed by atoms with van der Waals surface area (Å²) in [5, 5.41) is 3.42. The van der Waals surface area contributed by atoms with E-state index in [9.17, 15) is 0 Å². The first-order chi connectivity index (χ1) is 8.44. The van der Waals surface area contributed by atoms with E-state index in [1.165, 1.54) is 4.88 Å². The predicted molar refractivity (Wildman–Crippen MR) is 83.9 cm³/mol. The Morgan fingerprint density at radius 2 is 2.22 bits per heavy atom. The van der Waals surface area contributed by atoms with Gasteiger partial charge in [0.2, 0.25) is 0 Å². The first-order valence-electron chi connectivity index (χ1n) is 6.08. The van der Waals surface area contributed by atoms with Gasteiger partial charge in [0.25, 0.3) is 0 Å². The van der Waals surface area contributed by atoms with Crippen LogP contribution in [0.15, 0.2) is 10.5 Å². The van der Waals surface area contributed by atoms with Crippen molar-refractivity contribution in [3.05, 3.63) is 19.8 Å². The third kappa shape index (κ3) is 6.02. The van der Waals surface area contributed by atoms with Crippen molar-refractivity contribution in [2.45, 2.75) is 26.7 Å². The molecule has 5 heteroatoms. The van der Waals surface area contributed by atoms with Gasteiger partial charge in [0.15, 0.2) is 0 Å². The molecular formula is C13H21BrClNOS. The van der Waals surface area contributed by atoms with E-state index in [4.69, 9.17) is 16.3 Å². The Hall–Kier alpha value is 0.390. The third-order valence-corrected chi connectivity index (χ3v) is 5.37. The highest BCUT2D eigenvalue weighted by Gasteiger charge is 2.18. The summed E-state index contributed by atoms with van der Waals surface area (Å²) in [7, 11) is 1.73. The molecule has 1 N–H and O–H groups in total. The topological polar surface area (TPSA) is 21.3 Å². The average molecular weight is 355 g/mol. The highest BCUT2D eigenvalue weighted by Crippen LogP contribution is 2.34. The molecule has 0 spiro atoms. The molecule has 1 rings (SSSR count). The third-order valence-electron chi connectivity index (χ3n) is 2.83. The van der Waals surface area contributed by atoms with E-state index in [0.29, 0.717) is 0 Å². The second-order valence-corrected chi connectivity index (χ2v) is 7.76. The van der Waals surface area contributed by atoms with Crippen molar-refractivity contribution < 1.29 is 4.74 Å². The van der Waals surface area contributed by atoms with Gasteiger partial charge in [-0.05, 0) is 40.3 Å². The molecule has 0 aliphatic rings. The first-order valence-corrected chi connectivity index (χ1v) is 8.07. The molecule has 104 valence electrons. The Morgan fingerprint density at radius 1 is 1.50 bits per heavy atom. The second-order valence-electron chi connectivity index (χ2n) is 5.17. The maximum Gasteiger partial charge on any atom is 0.107 e. The van der Waals surface area contributed by atoms with Crippen molar-refractivity contribution in [1.29, 1.82) is 0 Å². The molecule has 0 amide bonds. The molecule has 0 saturated carbocycles. The molecule has 1 heterocycles. The van der Waals surface area contributed by atoms with Crippen molar-refractivity contribution in [3.63, 3.8) is 0 Å². The van der Waals surface area contributed by atoms with Crippen LogP contribution >= 0.6 is 38.9 Å². The number of aryl methyl sites for hydroxylation is 1. The normalized spacial score (nSPS) is 12.1. The minimum absolute atomic E-state index is 0.288. The van der Waals surface area contributed by atoms with E-state index in [-0.39, 0.29) is 5.41 Å². The predicted octanol–water partition coefficient (Wildman–Crippen LogP) is 4.36. The number of ether oxygens (including phenoxy) is 1. The molecule has 0 saturated heterocycles. The maximum absolute atomic E-state index is 6.04. The van der Waals surface area contributed by atoms with Crippen LogP contribution in [-0.2, 0) is 11.2 Å². The zero-order chi connectivity index (χ0) is 13.6. The summed E-state index contributed by atoms with van der Waals surface area (Å²) >= 11 is 11.2. The molecule has 1 aromatic rings. The molecule has 2 nitrogen and oxygen atoms in total. The van der Waals surface area contributed by atoms with Crippen LogP contribution in [0.25, 0.3) is 0 Å². The smallest absolute Gasteiger partial charge is 0.107 e. The van der Waals surface area contributed by atoms with Crippen LogP contribution in [0.5, 0.6) is 0 Å². The van der Waals surface area contributed by atoms with Gasteiger partial charge in [0.1, 0.15) is 4.34 Å². The Bertz CT molecular complexity index is 348. The summed E-state index contributed by atoms with van der Waals surface area (Å²) < 4.78 is 6.88. The van der Waals surface area contributed by atoms with Crippen LogP contribution in [0, 0.1) is 5.41 Å². The van der Waals surface area contributed by atoms with Gasteiger partial charge in [-0.2, -0.15) is 0 Å². The summed E-state index contributed by atoms with van der Waals surface area (Å²) in [5.74, 6) is 0. The summed E-state index contributed by atoms with van der Waals surface area (Å²) in [4.78, 5) is 1.34. The van der Waals surface area contributed by atoms with Crippen LogP contribution in [0.4, 0.5) is 0 Å². The van der Waals surface area contributed by atoms with E-state index in [0.717, 1.165) is 41.3 Å². The summed E-state index contributed by atoms with van der Waals surface area (Å²) in [6, 6.07) is 2.13. The van der Waals surface area contributed by atoms with Crippen LogP contribution < -0.4 is 5.32 Å². The highest BCUT2D eigenvalue weighted by atomic mass is 79.9. The minimum Gasteiger partial charge on any atom is -0.383 e. The lowest BCUT2D eigenvalue weighted by Gasteiger charge is -2.24. The second kappa shape index (κ2) is 7.85. The number of nitrogens with one attached hydrogen (secondary N) is 1. The Kier molecular flexibility index (Phi) is 7.17. The molecule has 1 aromatic heterocycles. The fraction of sp³-hybridized carbons (Fsp3) is 0.692. The number of hydrogen-bond acceptors (Lipinski definition) is 3. The van der Waals surface area contributed by atoms with Gasteiger partial charge in [-0.3, -0.25) is 0 Å². The average Bonchev–Trinajstić information content (AvgIpc) is 2.62. The molecule has 0 aromatic carbocycles. The molecule has 0 aliphatic heterocycles. The van der Waals surface area contributed by atoms with Crippen LogP contribution in [0.1, 0.15) is 25.1 Å². The molecule has 0 atom stereocenters. The minimum atomic E-state index is 0.288. The monoisotopic (exact) mass is 353 g/mol. The summed E-state index contributed by atoms with van der Waals surface area (Å²) in [6.45, 7) is 7.27. The van der Waals surface area contributed by atoms with Gasteiger partial charge in [0.05, 0.1) is 6.61 Å². The van der Waals surface area contributed by atoms with Crippen LogP contribution in [-0.4, -0.2) is 26.8 Å². The number of thiophene rings is 1. The van der Waals surface area contributed by atoms with Gasteiger partial charge in [0, 0.05) is 29.5 Å². The van der Waals surface area contributed by atoms with E-state index < -0.39 is 0 Å². The molecular weight excluding hydrogens is 334 g/mol. The van der Waals surface area contributed by atoms with E-state index in [2.05, 4.69) is 41.2 Å². The SMILES string of the molecule is COCCNCC(C)(C)CCc1cc(Br)c(Cl)s1. The zero-order valence-corrected chi connectivity index (χ0v) is 14.3. The number of halogens is 2. The molecule has 0 bridgehead atoms. The van der Waals surface area contributed by atoms with E-state index >= 15 is 0 Å². The lowest BCUT2D eigenvalue weighted by Crippen LogP contribution is -2.31. The standard InChI is InChI=1S/C13H21BrClNOS/c1-13(2,9-16-6-7-17-3)5-4-10-8-11(14)12(15)18-10/h8,16H,4-7,9H2,1-3H3. The number of rotatable bonds is 8. The lowest BCUT2D eigenvalue weighted by molar-refractivity contribution is 0.193. The zero-order valence-electron chi connectivity index (χ0n) is 11.2. The van der Waals surface area contributed by atoms with Gasteiger partial charge < -0.3 is 10.1 Å². The quantitative estimate of drug-likeness (QED) is 0.700. The van der Waals surface area contributed by atoms with Gasteiger partial charge >= 0.3 is 0 Å². The summed E-state index contributed by atoms with van der Waals surface area (Å²) in [5.41, 5.74) is 0.288. The van der Waals surface area contributed by atoms with Crippen molar-refractivity contribution >= 4 is 38.9 Å². The molecule has 0 fully saturated rings. The highest BCUT2D eigenvalue weighted by molar-refractivity contribution is 9.10.